The van der Waals surface area contributed by atoms with Crippen LogP contribution < -0.4 is 10.6 Å². The van der Waals surface area contributed by atoms with Crippen LogP contribution >= 0.6 is 0 Å². The molecule has 1 aliphatic rings. The largest absolute Gasteiger partial charge is 0.478 e. The predicted molar refractivity (Wildman–Crippen MR) is 121 cm³/mol. The molecule has 2 aromatic carbocycles. The minimum absolute atomic E-state index is 0.0616. The Hall–Kier alpha value is -3.61. The summed E-state index contributed by atoms with van der Waals surface area (Å²) in [5.74, 6) is -1.38. The first-order valence-electron chi connectivity index (χ1n) is 10.7. The molecule has 0 saturated carbocycles. The van der Waals surface area contributed by atoms with Crippen LogP contribution in [0.5, 0.6) is 0 Å². The van der Waals surface area contributed by atoms with Gasteiger partial charge in [-0.15, -0.1) is 0 Å². The number of carbonyl (C=O) groups excluding carboxylic acids is 2. The molecule has 0 saturated heterocycles. The molecule has 0 unspecified atom stereocenters. The molecule has 1 atom stereocenters. The third kappa shape index (κ3) is 5.75. The van der Waals surface area contributed by atoms with E-state index in [1.54, 1.807) is 0 Å². The molecule has 7 heteroatoms. The van der Waals surface area contributed by atoms with Gasteiger partial charge >= 0.3 is 12.1 Å². The van der Waals surface area contributed by atoms with Gasteiger partial charge in [0, 0.05) is 18.5 Å². The molecule has 1 aliphatic carbocycles. The number of hydrogen-bond donors (Lipinski definition) is 3. The van der Waals surface area contributed by atoms with Crippen molar-refractivity contribution in [1.29, 1.82) is 0 Å². The number of rotatable bonds is 9. The molecule has 0 heterocycles. The zero-order valence-corrected chi connectivity index (χ0v) is 18.2. The van der Waals surface area contributed by atoms with Crippen LogP contribution in [-0.4, -0.2) is 42.3 Å². The van der Waals surface area contributed by atoms with Crippen LogP contribution in [-0.2, 0) is 14.3 Å². The van der Waals surface area contributed by atoms with E-state index < -0.39 is 18.1 Å². The lowest BCUT2D eigenvalue weighted by atomic mass is 9.98. The summed E-state index contributed by atoms with van der Waals surface area (Å²) in [5, 5.41) is 13.9. The van der Waals surface area contributed by atoms with Crippen LogP contribution in [0.4, 0.5) is 4.79 Å². The summed E-state index contributed by atoms with van der Waals surface area (Å²) in [7, 11) is 0. The molecule has 7 nitrogen and oxygen atoms in total. The number of fused-ring (bicyclic) bond motifs is 3. The molecular weight excluding hydrogens is 408 g/mol. The molecule has 0 bridgehead atoms. The zero-order valence-electron chi connectivity index (χ0n) is 18.2. The number of benzene rings is 2. The van der Waals surface area contributed by atoms with E-state index in [1.165, 1.54) is 6.08 Å². The number of ether oxygens (including phenoxy) is 1. The SMILES string of the molecule is CC(C)C[C@H](NC(=O)OCC1c2ccccc2-c2ccccc21)C(=O)NC/C=C\C(=O)O. The summed E-state index contributed by atoms with van der Waals surface area (Å²) in [5.41, 5.74) is 4.51. The Bertz CT molecular complexity index is 969. The average Bonchev–Trinajstić information content (AvgIpc) is 3.08. The Morgan fingerprint density at radius 3 is 2.19 bits per heavy atom. The third-order valence-electron chi connectivity index (χ3n) is 5.31. The molecule has 2 aromatic rings. The summed E-state index contributed by atoms with van der Waals surface area (Å²) in [6.45, 7) is 4.12. The molecule has 0 aromatic heterocycles. The highest BCUT2D eigenvalue weighted by Gasteiger charge is 2.29. The summed E-state index contributed by atoms with van der Waals surface area (Å²) < 4.78 is 5.54. The summed E-state index contributed by atoms with van der Waals surface area (Å²) in [4.78, 5) is 35.5. The number of carbonyl (C=O) groups is 3. The van der Waals surface area contributed by atoms with Gasteiger partial charge in [-0.05, 0) is 34.6 Å². The number of nitrogens with one attached hydrogen (secondary N) is 2. The second kappa shape index (κ2) is 10.6. The van der Waals surface area contributed by atoms with Crippen LogP contribution in [0, 0.1) is 5.92 Å². The van der Waals surface area contributed by atoms with Crippen LogP contribution in [0.2, 0.25) is 0 Å². The van der Waals surface area contributed by atoms with E-state index in [1.807, 2.05) is 50.2 Å². The highest BCUT2D eigenvalue weighted by atomic mass is 16.5. The van der Waals surface area contributed by atoms with Gasteiger partial charge in [-0.3, -0.25) is 4.79 Å². The maximum atomic E-state index is 12.5. The first-order chi connectivity index (χ1) is 15.4. The van der Waals surface area contributed by atoms with Gasteiger partial charge in [-0.25, -0.2) is 9.59 Å². The topological polar surface area (TPSA) is 105 Å². The Labute approximate surface area is 187 Å². The van der Waals surface area contributed by atoms with Gasteiger partial charge in [-0.1, -0.05) is 68.5 Å². The van der Waals surface area contributed by atoms with Crippen LogP contribution in [0.3, 0.4) is 0 Å². The zero-order chi connectivity index (χ0) is 23.1. The van der Waals surface area contributed by atoms with E-state index in [0.29, 0.717) is 6.42 Å². The number of alkyl carbamates (subject to hydrolysis) is 1. The van der Waals surface area contributed by atoms with Crippen molar-refractivity contribution in [1.82, 2.24) is 10.6 Å². The molecule has 168 valence electrons. The molecular formula is C25H28N2O5. The van der Waals surface area contributed by atoms with Crippen molar-refractivity contribution in [2.45, 2.75) is 32.2 Å². The number of hydrogen-bond acceptors (Lipinski definition) is 4. The lowest BCUT2D eigenvalue weighted by Gasteiger charge is -2.20. The van der Waals surface area contributed by atoms with Gasteiger partial charge < -0.3 is 20.5 Å². The Balaban J connectivity index is 1.62. The Morgan fingerprint density at radius 1 is 1.03 bits per heavy atom. The van der Waals surface area contributed by atoms with Crippen molar-refractivity contribution >= 4 is 18.0 Å². The van der Waals surface area contributed by atoms with Gasteiger partial charge in [0.05, 0.1) is 0 Å². The lowest BCUT2D eigenvalue weighted by Crippen LogP contribution is -2.47. The van der Waals surface area contributed by atoms with Crippen LogP contribution in [0.1, 0.15) is 37.3 Å². The number of aliphatic carboxylic acids is 1. The average molecular weight is 437 g/mol. The van der Waals surface area contributed by atoms with Gasteiger partial charge in [0.25, 0.3) is 0 Å². The van der Waals surface area contributed by atoms with E-state index in [4.69, 9.17) is 9.84 Å². The van der Waals surface area contributed by atoms with Gasteiger partial charge in [0.1, 0.15) is 12.6 Å². The predicted octanol–water partition coefficient (Wildman–Crippen LogP) is 3.70. The fourth-order valence-electron chi connectivity index (χ4n) is 3.93. The third-order valence-corrected chi connectivity index (χ3v) is 5.31. The van der Waals surface area contributed by atoms with Crippen LogP contribution in [0.15, 0.2) is 60.7 Å². The maximum absolute atomic E-state index is 12.5. The lowest BCUT2D eigenvalue weighted by molar-refractivity contribution is -0.131. The normalized spacial score (nSPS) is 13.5. The minimum atomic E-state index is -1.09. The van der Waals surface area contributed by atoms with E-state index in [2.05, 4.69) is 22.8 Å². The fourth-order valence-corrected chi connectivity index (χ4v) is 3.93. The van der Waals surface area contributed by atoms with Crippen molar-refractivity contribution in [3.8, 4) is 11.1 Å². The number of carboxylic acid groups (broad SMARTS) is 1. The Morgan fingerprint density at radius 2 is 1.62 bits per heavy atom. The van der Waals surface area contributed by atoms with Gasteiger partial charge in [0.2, 0.25) is 5.91 Å². The molecule has 0 aliphatic heterocycles. The van der Waals surface area contributed by atoms with Crippen molar-refractivity contribution in [3.63, 3.8) is 0 Å². The number of carboxylic acids is 1. The molecule has 0 radical (unpaired) electrons. The summed E-state index contributed by atoms with van der Waals surface area (Å²) >= 11 is 0. The molecule has 3 rings (SSSR count). The molecule has 0 fully saturated rings. The smallest absolute Gasteiger partial charge is 0.407 e. The molecule has 3 N–H and O–H groups in total. The van der Waals surface area contributed by atoms with E-state index in [9.17, 15) is 14.4 Å². The quantitative estimate of drug-likeness (QED) is 0.520. The minimum Gasteiger partial charge on any atom is -0.478 e. The molecule has 32 heavy (non-hydrogen) atoms. The summed E-state index contributed by atoms with van der Waals surface area (Å²) in [6.07, 6.45) is 2.06. The maximum Gasteiger partial charge on any atom is 0.407 e. The number of amides is 2. The first kappa shape index (κ1) is 23.1. The van der Waals surface area contributed by atoms with E-state index in [-0.39, 0.29) is 30.9 Å². The van der Waals surface area contributed by atoms with Crippen molar-refractivity contribution < 1.29 is 24.2 Å². The second-order valence-corrected chi connectivity index (χ2v) is 8.14. The fraction of sp³-hybridized carbons (Fsp3) is 0.320. The highest BCUT2D eigenvalue weighted by Crippen LogP contribution is 2.44. The first-order valence-corrected chi connectivity index (χ1v) is 10.7. The highest BCUT2D eigenvalue weighted by molar-refractivity contribution is 5.86. The van der Waals surface area contributed by atoms with Gasteiger partial charge in [0.15, 0.2) is 0 Å². The Kier molecular flexibility index (Phi) is 7.65. The summed E-state index contributed by atoms with van der Waals surface area (Å²) in [6, 6.07) is 15.4. The van der Waals surface area contributed by atoms with Crippen molar-refractivity contribution in [2.24, 2.45) is 5.92 Å². The van der Waals surface area contributed by atoms with Crippen molar-refractivity contribution in [3.05, 3.63) is 71.8 Å². The van der Waals surface area contributed by atoms with Gasteiger partial charge in [-0.2, -0.15) is 0 Å². The molecule has 2 amide bonds. The standard InChI is InChI=1S/C25H28N2O5/c1-16(2)14-22(24(30)26-13-7-12-23(28)29)27-25(31)32-15-21-19-10-5-3-8-17(19)18-9-4-6-11-20(18)21/h3-12,16,21-22H,13-15H2,1-2H3,(H,26,30)(H,27,31)(H,28,29)/b12-7-/t22-/m0/s1. The van der Waals surface area contributed by atoms with E-state index in [0.717, 1.165) is 28.3 Å². The second-order valence-electron chi connectivity index (χ2n) is 8.14. The van der Waals surface area contributed by atoms with Crippen molar-refractivity contribution in [2.75, 3.05) is 13.2 Å². The van der Waals surface area contributed by atoms with Crippen LogP contribution in [0.25, 0.3) is 11.1 Å². The molecule has 0 spiro atoms. The monoisotopic (exact) mass is 436 g/mol. The van der Waals surface area contributed by atoms with E-state index >= 15 is 0 Å².